The van der Waals surface area contributed by atoms with Gasteiger partial charge in [0.1, 0.15) is 11.4 Å². The molecular formula is C25H35N7O2. The highest BCUT2D eigenvalue weighted by atomic mass is 16.6. The number of hydrogen-bond donors (Lipinski definition) is 2. The average Bonchev–Trinajstić information content (AvgIpc) is 3.16. The van der Waals surface area contributed by atoms with Crippen molar-refractivity contribution in [3.63, 3.8) is 0 Å². The van der Waals surface area contributed by atoms with Crippen LogP contribution in [0.2, 0.25) is 0 Å². The minimum atomic E-state index is -0.525. The summed E-state index contributed by atoms with van der Waals surface area (Å²) >= 11 is 0. The Bertz CT molecular complexity index is 1180. The lowest BCUT2D eigenvalue weighted by Crippen LogP contribution is -2.52. The fourth-order valence-electron chi connectivity index (χ4n) is 4.43. The number of carbonyl (C=O) groups excluding carboxylic acids is 1. The molecule has 9 heteroatoms. The number of aromatic nitrogens is 4. The quantitative estimate of drug-likeness (QED) is 0.587. The zero-order valence-corrected chi connectivity index (χ0v) is 21.1. The zero-order valence-electron chi connectivity index (χ0n) is 21.1. The zero-order chi connectivity index (χ0) is 24.6. The van der Waals surface area contributed by atoms with E-state index in [1.54, 1.807) is 4.90 Å². The SMILES string of the molecule is CNc1nc(-c2ccc3c(C)[nH]nc3c2)cc(N2C[C@H](C)C[C@@H](N(C)C(=O)OC(C)(C)C)C2)n1. The lowest BCUT2D eigenvalue weighted by atomic mass is 9.95. The number of carbonyl (C=O) groups is 1. The van der Waals surface area contributed by atoms with Crippen LogP contribution in [0.4, 0.5) is 16.6 Å². The standard InChI is InChI=1S/C25H35N7O2/c1-15-10-18(31(7)24(33)34-25(3,4)5)14-32(13-15)22-12-20(27-23(26-6)28-22)17-8-9-19-16(2)29-30-21(19)11-17/h8-9,11-12,15,18H,10,13-14H2,1-7H3,(H,29,30)(H,26,27,28)/t15-,18-/m1/s1. The van der Waals surface area contributed by atoms with Crippen LogP contribution >= 0.6 is 0 Å². The van der Waals surface area contributed by atoms with Crippen LogP contribution in [0, 0.1) is 12.8 Å². The molecule has 0 unspecified atom stereocenters. The van der Waals surface area contributed by atoms with E-state index >= 15 is 0 Å². The van der Waals surface area contributed by atoms with Crippen molar-refractivity contribution in [2.45, 2.75) is 52.7 Å². The first-order valence-corrected chi connectivity index (χ1v) is 11.8. The molecule has 34 heavy (non-hydrogen) atoms. The number of nitrogens with one attached hydrogen (secondary N) is 2. The number of nitrogens with zero attached hydrogens (tertiary/aromatic N) is 5. The van der Waals surface area contributed by atoms with Crippen molar-refractivity contribution >= 4 is 28.8 Å². The van der Waals surface area contributed by atoms with Gasteiger partial charge >= 0.3 is 6.09 Å². The normalized spacial score (nSPS) is 18.7. The Morgan fingerprint density at radius 1 is 1.24 bits per heavy atom. The average molecular weight is 466 g/mol. The Morgan fingerprint density at radius 3 is 2.71 bits per heavy atom. The molecule has 1 aromatic carbocycles. The van der Waals surface area contributed by atoms with E-state index in [4.69, 9.17) is 14.7 Å². The van der Waals surface area contributed by atoms with E-state index < -0.39 is 5.60 Å². The van der Waals surface area contributed by atoms with Gasteiger partial charge in [-0.25, -0.2) is 9.78 Å². The van der Waals surface area contributed by atoms with Gasteiger partial charge in [-0.15, -0.1) is 0 Å². The number of aryl methyl sites for hydroxylation is 1. The Balaban J connectivity index is 1.62. The molecule has 3 heterocycles. The number of fused-ring (bicyclic) bond motifs is 1. The van der Waals surface area contributed by atoms with Crippen LogP contribution in [0.1, 0.15) is 39.8 Å². The predicted octanol–water partition coefficient (Wildman–Crippen LogP) is 4.45. The molecule has 2 aromatic heterocycles. The summed E-state index contributed by atoms with van der Waals surface area (Å²) < 4.78 is 5.60. The van der Waals surface area contributed by atoms with E-state index in [2.05, 4.69) is 39.5 Å². The topological polar surface area (TPSA) is 99.3 Å². The molecule has 1 amide bonds. The van der Waals surface area contributed by atoms with Gasteiger partial charge in [0, 0.05) is 49.9 Å². The van der Waals surface area contributed by atoms with Gasteiger partial charge in [-0.1, -0.05) is 19.1 Å². The number of piperidine rings is 1. The number of likely N-dealkylation sites (N-methyl/N-ethyl adjacent to an activating group) is 1. The second-order valence-corrected chi connectivity index (χ2v) is 10.3. The summed E-state index contributed by atoms with van der Waals surface area (Å²) in [5, 5.41) is 11.6. The third-order valence-electron chi connectivity index (χ3n) is 6.17. The highest BCUT2D eigenvalue weighted by molar-refractivity contribution is 5.86. The molecule has 0 radical (unpaired) electrons. The number of ether oxygens (including phenoxy) is 1. The number of rotatable bonds is 4. The molecule has 1 saturated heterocycles. The largest absolute Gasteiger partial charge is 0.444 e. The first kappa shape index (κ1) is 23.8. The number of H-pyrrole nitrogens is 1. The minimum absolute atomic E-state index is 0.0263. The van der Waals surface area contributed by atoms with Crippen LogP contribution in [0.5, 0.6) is 0 Å². The van der Waals surface area contributed by atoms with Crippen molar-refractivity contribution in [2.75, 3.05) is 37.4 Å². The molecule has 2 N–H and O–H groups in total. The Hall–Kier alpha value is -3.36. The molecule has 182 valence electrons. The molecular weight excluding hydrogens is 430 g/mol. The predicted molar refractivity (Wildman–Crippen MR) is 135 cm³/mol. The molecule has 2 atom stereocenters. The Labute approximate surface area is 200 Å². The summed E-state index contributed by atoms with van der Waals surface area (Å²) in [6.45, 7) is 11.4. The van der Waals surface area contributed by atoms with Gasteiger partial charge in [0.25, 0.3) is 0 Å². The summed E-state index contributed by atoms with van der Waals surface area (Å²) in [5.41, 5.74) is 3.23. The highest BCUT2D eigenvalue weighted by Crippen LogP contribution is 2.30. The molecule has 1 aliphatic rings. The van der Waals surface area contributed by atoms with Gasteiger partial charge in [0.15, 0.2) is 0 Å². The lowest BCUT2D eigenvalue weighted by molar-refractivity contribution is 0.0195. The summed E-state index contributed by atoms with van der Waals surface area (Å²) in [6, 6.07) is 8.22. The molecule has 9 nitrogen and oxygen atoms in total. The second kappa shape index (κ2) is 9.12. The molecule has 1 aliphatic heterocycles. The monoisotopic (exact) mass is 465 g/mol. The van der Waals surface area contributed by atoms with Crippen molar-refractivity contribution in [1.82, 2.24) is 25.1 Å². The van der Waals surface area contributed by atoms with Crippen LogP contribution in [0.3, 0.4) is 0 Å². The molecule has 0 bridgehead atoms. The van der Waals surface area contributed by atoms with Crippen LogP contribution < -0.4 is 10.2 Å². The smallest absolute Gasteiger partial charge is 0.410 e. The Kier molecular flexibility index (Phi) is 6.38. The number of amides is 1. The maximum absolute atomic E-state index is 12.7. The van der Waals surface area contributed by atoms with Gasteiger partial charge < -0.3 is 19.9 Å². The van der Waals surface area contributed by atoms with Crippen molar-refractivity contribution in [1.29, 1.82) is 0 Å². The summed E-state index contributed by atoms with van der Waals surface area (Å²) in [4.78, 5) is 26.1. The molecule has 4 rings (SSSR count). The van der Waals surface area contributed by atoms with Gasteiger partial charge in [0.05, 0.1) is 17.3 Å². The fourth-order valence-corrected chi connectivity index (χ4v) is 4.43. The van der Waals surface area contributed by atoms with Gasteiger partial charge in [0.2, 0.25) is 5.95 Å². The minimum Gasteiger partial charge on any atom is -0.444 e. The number of hydrogen-bond acceptors (Lipinski definition) is 7. The number of aromatic amines is 1. The van der Waals surface area contributed by atoms with Crippen molar-refractivity contribution in [2.24, 2.45) is 5.92 Å². The Morgan fingerprint density at radius 2 is 2.00 bits per heavy atom. The van der Waals surface area contributed by atoms with Gasteiger partial charge in [-0.2, -0.15) is 10.1 Å². The number of benzene rings is 1. The van der Waals surface area contributed by atoms with Crippen molar-refractivity contribution in [3.8, 4) is 11.3 Å². The van der Waals surface area contributed by atoms with Gasteiger partial charge in [-0.05, 0) is 46.1 Å². The van der Waals surface area contributed by atoms with E-state index in [0.717, 1.165) is 46.6 Å². The maximum Gasteiger partial charge on any atom is 0.410 e. The van der Waals surface area contributed by atoms with Crippen LogP contribution in [0.15, 0.2) is 24.3 Å². The third kappa shape index (κ3) is 5.08. The molecule has 1 fully saturated rings. The second-order valence-electron chi connectivity index (χ2n) is 10.3. The van der Waals surface area contributed by atoms with E-state index in [1.165, 1.54) is 0 Å². The fraction of sp³-hybridized carbons (Fsp3) is 0.520. The first-order valence-electron chi connectivity index (χ1n) is 11.8. The molecule has 3 aromatic rings. The number of anilines is 2. The van der Waals surface area contributed by atoms with Crippen LogP contribution in [0.25, 0.3) is 22.2 Å². The molecule has 0 aliphatic carbocycles. The molecule has 0 saturated carbocycles. The van der Waals surface area contributed by atoms with E-state index in [1.807, 2.05) is 53.9 Å². The summed E-state index contributed by atoms with van der Waals surface area (Å²) in [6.07, 6.45) is 0.617. The molecule has 0 spiro atoms. The lowest BCUT2D eigenvalue weighted by Gasteiger charge is -2.41. The van der Waals surface area contributed by atoms with Crippen LogP contribution in [-0.4, -0.2) is 70.0 Å². The van der Waals surface area contributed by atoms with Crippen molar-refractivity contribution < 1.29 is 9.53 Å². The van der Waals surface area contributed by atoms with Crippen LogP contribution in [-0.2, 0) is 4.74 Å². The first-order chi connectivity index (χ1) is 16.0. The maximum atomic E-state index is 12.7. The third-order valence-corrected chi connectivity index (χ3v) is 6.17. The van der Waals surface area contributed by atoms with E-state index in [-0.39, 0.29) is 12.1 Å². The van der Waals surface area contributed by atoms with E-state index in [9.17, 15) is 4.79 Å². The summed E-state index contributed by atoms with van der Waals surface area (Å²) in [5.74, 6) is 1.78. The van der Waals surface area contributed by atoms with Crippen molar-refractivity contribution in [3.05, 3.63) is 30.0 Å². The summed E-state index contributed by atoms with van der Waals surface area (Å²) in [7, 11) is 3.64. The highest BCUT2D eigenvalue weighted by Gasteiger charge is 2.32. The van der Waals surface area contributed by atoms with E-state index in [0.29, 0.717) is 18.4 Å². The van der Waals surface area contributed by atoms with Gasteiger partial charge in [-0.3, -0.25) is 5.10 Å².